The monoisotopic (exact) mass is 460 g/mol. The van der Waals surface area contributed by atoms with Crippen LogP contribution in [-0.4, -0.2) is 82.3 Å². The Hall–Kier alpha value is -2.19. The van der Waals surface area contributed by atoms with Crippen molar-refractivity contribution in [2.45, 2.75) is 76.2 Å². The van der Waals surface area contributed by atoms with Crippen molar-refractivity contribution in [1.82, 2.24) is 9.80 Å². The number of hydrogen-bond donors (Lipinski definition) is 1. The molecule has 1 spiro atoms. The molecule has 2 saturated heterocycles. The number of nitrogens with zero attached hydrogens (tertiary/aromatic N) is 2. The van der Waals surface area contributed by atoms with Crippen molar-refractivity contribution in [3.05, 3.63) is 24.3 Å². The van der Waals surface area contributed by atoms with Crippen LogP contribution in [0.15, 0.2) is 24.3 Å². The Bertz CT molecular complexity index is 856. The molecule has 2 fully saturated rings. The zero-order valence-electron chi connectivity index (χ0n) is 19.9. The van der Waals surface area contributed by atoms with E-state index in [1.54, 1.807) is 11.8 Å². The van der Waals surface area contributed by atoms with Crippen LogP contribution in [0.2, 0.25) is 0 Å². The zero-order valence-corrected chi connectivity index (χ0v) is 19.9. The van der Waals surface area contributed by atoms with Gasteiger partial charge in [0.15, 0.2) is 0 Å². The van der Waals surface area contributed by atoms with Crippen LogP contribution in [0, 0.1) is 11.8 Å². The molecular weight excluding hydrogens is 424 g/mol. The summed E-state index contributed by atoms with van der Waals surface area (Å²) in [4.78, 5) is 44.5. The fourth-order valence-electron chi connectivity index (χ4n) is 5.97. The number of unbranched alkanes of at least 4 members (excludes halogenated alkanes) is 1. The molecular formula is C25H36N2O6. The summed E-state index contributed by atoms with van der Waals surface area (Å²) < 4.78 is 12.4. The minimum atomic E-state index is -1.29. The number of fused-ring (bicyclic) bond motifs is 2. The highest BCUT2D eigenvalue weighted by molar-refractivity contribution is 5.99. The van der Waals surface area contributed by atoms with E-state index in [0.717, 1.165) is 19.3 Å². The Labute approximate surface area is 195 Å². The van der Waals surface area contributed by atoms with E-state index in [2.05, 4.69) is 6.92 Å². The van der Waals surface area contributed by atoms with Crippen LogP contribution in [0.5, 0.6) is 0 Å². The van der Waals surface area contributed by atoms with Gasteiger partial charge in [-0.05, 0) is 32.6 Å². The predicted molar refractivity (Wildman–Crippen MR) is 121 cm³/mol. The Kier molecular flexibility index (Phi) is 6.69. The molecule has 182 valence electrons. The van der Waals surface area contributed by atoms with Crippen molar-refractivity contribution in [3.63, 3.8) is 0 Å². The summed E-state index contributed by atoms with van der Waals surface area (Å²) in [6, 6.07) is -1.52. The maximum atomic E-state index is 14.0. The van der Waals surface area contributed by atoms with E-state index >= 15 is 0 Å². The number of carbonyl (C=O) groups excluding carboxylic acids is 3. The van der Waals surface area contributed by atoms with Crippen molar-refractivity contribution in [2.75, 3.05) is 26.3 Å². The van der Waals surface area contributed by atoms with E-state index in [9.17, 15) is 19.5 Å². The van der Waals surface area contributed by atoms with Crippen LogP contribution in [0.4, 0.5) is 0 Å². The first-order valence-corrected chi connectivity index (χ1v) is 12.3. The highest BCUT2D eigenvalue weighted by Crippen LogP contribution is 2.58. The van der Waals surface area contributed by atoms with Crippen LogP contribution >= 0.6 is 0 Å². The maximum Gasteiger partial charge on any atom is 0.313 e. The smallest absolute Gasteiger partial charge is 0.313 e. The minimum absolute atomic E-state index is 0.195. The molecule has 0 radical (unpaired) electrons. The van der Waals surface area contributed by atoms with Crippen LogP contribution in [-0.2, 0) is 23.9 Å². The van der Waals surface area contributed by atoms with Crippen molar-refractivity contribution in [2.24, 2.45) is 11.8 Å². The summed E-state index contributed by atoms with van der Waals surface area (Å²) in [5.74, 6) is -2.73. The predicted octanol–water partition coefficient (Wildman–Crippen LogP) is 1.82. The van der Waals surface area contributed by atoms with Crippen LogP contribution in [0.25, 0.3) is 0 Å². The van der Waals surface area contributed by atoms with Crippen molar-refractivity contribution < 1.29 is 29.0 Å². The van der Waals surface area contributed by atoms with E-state index in [0.29, 0.717) is 25.9 Å². The first kappa shape index (κ1) is 24.0. The average Bonchev–Trinajstić information content (AvgIpc) is 3.20. The fraction of sp³-hybridized carbons (Fsp3) is 0.720. The number of allylic oxidation sites excluding steroid dienone is 1. The van der Waals surface area contributed by atoms with Gasteiger partial charge in [0.2, 0.25) is 11.8 Å². The van der Waals surface area contributed by atoms with Crippen molar-refractivity contribution in [3.8, 4) is 0 Å². The number of cyclic esters (lactones) is 1. The lowest BCUT2D eigenvalue weighted by Crippen LogP contribution is -2.58. The molecule has 4 heterocycles. The lowest BCUT2D eigenvalue weighted by Gasteiger charge is -2.40. The van der Waals surface area contributed by atoms with Gasteiger partial charge in [-0.3, -0.25) is 14.4 Å². The average molecular weight is 461 g/mol. The molecule has 4 aliphatic heterocycles. The quantitative estimate of drug-likeness (QED) is 0.480. The number of aliphatic hydroxyl groups is 1. The molecule has 6 atom stereocenters. The number of amides is 2. The van der Waals surface area contributed by atoms with Gasteiger partial charge in [-0.15, -0.1) is 0 Å². The summed E-state index contributed by atoms with van der Waals surface area (Å²) in [7, 11) is 0. The second-order valence-corrected chi connectivity index (χ2v) is 9.65. The molecule has 8 nitrogen and oxygen atoms in total. The number of ether oxygens (including phenoxy) is 2. The molecule has 0 aromatic heterocycles. The number of likely N-dealkylation sites (tertiary alicyclic amines) is 1. The normalized spacial score (nSPS) is 37.9. The van der Waals surface area contributed by atoms with Gasteiger partial charge in [0, 0.05) is 13.1 Å². The second-order valence-electron chi connectivity index (χ2n) is 9.65. The Morgan fingerprint density at radius 1 is 1.15 bits per heavy atom. The van der Waals surface area contributed by atoms with Crippen LogP contribution < -0.4 is 0 Å². The molecule has 1 unspecified atom stereocenters. The van der Waals surface area contributed by atoms with Crippen molar-refractivity contribution in [1.29, 1.82) is 0 Å². The largest absolute Gasteiger partial charge is 0.465 e. The number of hydrogen-bond acceptors (Lipinski definition) is 6. The number of rotatable bonds is 6. The lowest BCUT2D eigenvalue weighted by molar-refractivity contribution is -0.162. The summed E-state index contributed by atoms with van der Waals surface area (Å²) in [5, 5.41) is 9.95. The molecule has 0 aromatic carbocycles. The summed E-state index contributed by atoms with van der Waals surface area (Å²) in [6.07, 6.45) is 11.4. The molecule has 4 aliphatic rings. The molecule has 0 saturated carbocycles. The molecule has 0 aromatic rings. The van der Waals surface area contributed by atoms with Gasteiger partial charge >= 0.3 is 5.97 Å². The molecule has 8 heteroatoms. The summed E-state index contributed by atoms with van der Waals surface area (Å²) in [5.41, 5.74) is -2.32. The molecule has 1 N–H and O–H groups in total. The van der Waals surface area contributed by atoms with E-state index in [1.807, 2.05) is 31.2 Å². The van der Waals surface area contributed by atoms with Gasteiger partial charge in [0.05, 0.1) is 25.2 Å². The molecule has 0 bridgehead atoms. The Balaban J connectivity index is 1.88. The number of carbonyl (C=O) groups is 3. The van der Waals surface area contributed by atoms with E-state index in [4.69, 9.17) is 9.47 Å². The first-order chi connectivity index (χ1) is 15.9. The molecule has 33 heavy (non-hydrogen) atoms. The topological polar surface area (TPSA) is 96.4 Å². The van der Waals surface area contributed by atoms with Crippen molar-refractivity contribution >= 4 is 17.8 Å². The SMILES string of the molecule is CCCCN1CC=C[C@]23O[C@@]4(CC)/C=C\CCCOC(=O)[C@H]4[C@H]2C(=O)N([C@H](C)CO)C3C1=O. The van der Waals surface area contributed by atoms with Gasteiger partial charge in [0.1, 0.15) is 23.2 Å². The van der Waals surface area contributed by atoms with Crippen LogP contribution in [0.3, 0.4) is 0 Å². The standard InChI is InChI=1S/C25H36N2O6/c1-4-6-13-26-14-10-12-25-18(21(29)27(17(3)16-28)20(25)22(26)30)19-23(31)32-15-9-7-8-11-24(19,5-2)33-25/h8,10-12,17-20,28H,4-7,9,13-16H2,1-3H3/b11-8-/t17-,18+,19-,20?,24+,25+/m1/s1. The molecule has 4 rings (SSSR count). The highest BCUT2D eigenvalue weighted by atomic mass is 16.6. The van der Waals surface area contributed by atoms with Gasteiger partial charge in [-0.2, -0.15) is 0 Å². The van der Waals surface area contributed by atoms with Gasteiger partial charge in [0.25, 0.3) is 0 Å². The Morgan fingerprint density at radius 3 is 2.64 bits per heavy atom. The Morgan fingerprint density at radius 2 is 1.94 bits per heavy atom. The minimum Gasteiger partial charge on any atom is -0.465 e. The maximum absolute atomic E-state index is 14.0. The third-order valence-electron chi connectivity index (χ3n) is 7.68. The zero-order chi connectivity index (χ0) is 23.8. The van der Waals surface area contributed by atoms with Crippen LogP contribution in [0.1, 0.15) is 52.9 Å². The summed E-state index contributed by atoms with van der Waals surface area (Å²) >= 11 is 0. The fourth-order valence-corrected chi connectivity index (χ4v) is 5.97. The summed E-state index contributed by atoms with van der Waals surface area (Å²) in [6.45, 7) is 6.72. The third-order valence-corrected chi connectivity index (χ3v) is 7.68. The van der Waals surface area contributed by atoms with E-state index < -0.39 is 41.1 Å². The van der Waals surface area contributed by atoms with E-state index in [1.165, 1.54) is 4.90 Å². The van der Waals surface area contributed by atoms with Gasteiger partial charge in [-0.25, -0.2) is 0 Å². The molecule has 0 aliphatic carbocycles. The third kappa shape index (κ3) is 3.62. The van der Waals surface area contributed by atoms with E-state index in [-0.39, 0.29) is 25.0 Å². The lowest BCUT2D eigenvalue weighted by atomic mass is 9.73. The second kappa shape index (κ2) is 9.22. The first-order valence-electron chi connectivity index (χ1n) is 12.3. The highest BCUT2D eigenvalue weighted by Gasteiger charge is 2.75. The number of aliphatic hydroxyl groups excluding tert-OH is 1. The van der Waals surface area contributed by atoms with Gasteiger partial charge in [-0.1, -0.05) is 44.6 Å². The molecule has 2 amide bonds. The number of esters is 1. The van der Waals surface area contributed by atoms with Gasteiger partial charge < -0.3 is 24.4 Å².